The summed E-state index contributed by atoms with van der Waals surface area (Å²) in [5, 5.41) is 9.89. The molecule has 0 aromatic rings. The molecule has 116 valence electrons. The minimum Gasteiger partial charge on any atom is -0.300 e. The number of nitrogens with one attached hydrogen (secondary N) is 1. The number of carbonyl (C=O) groups is 1. The van der Waals surface area contributed by atoms with E-state index in [0.717, 1.165) is 37.1 Å². The second kappa shape index (κ2) is 10.9. The standard InChI is InChI=1S/C11H22O.C5H4N4/c1-3-5-7-9-11(12)10-8-6-4-2;1-2-6-5-3-7-9-8-4(1)5/h3-10H2,1-2H3;1-3H,(H,7,8). The highest BCUT2D eigenvalue weighted by Crippen LogP contribution is 2.11. The number of H-pyrrole nitrogens is 1. The van der Waals surface area contributed by atoms with Crippen LogP contribution >= 0.6 is 0 Å². The zero-order valence-corrected chi connectivity index (χ0v) is 13.1. The minimum absolute atomic E-state index is 0.469. The van der Waals surface area contributed by atoms with Gasteiger partial charge in [-0.1, -0.05) is 44.7 Å². The summed E-state index contributed by atoms with van der Waals surface area (Å²) in [4.78, 5) is 15.2. The average molecular weight is 290 g/mol. The van der Waals surface area contributed by atoms with Gasteiger partial charge in [-0.05, 0) is 18.9 Å². The molecule has 0 radical (unpaired) electrons. The molecule has 2 aliphatic heterocycles. The number of aromatic amines is 1. The Morgan fingerprint density at radius 3 is 2.33 bits per heavy atom. The third-order valence-corrected chi connectivity index (χ3v) is 3.26. The number of Topliss-reactive ketones (excluding diaryl/α,β-unsaturated/α-hetero) is 1. The van der Waals surface area contributed by atoms with Crippen LogP contribution < -0.4 is 0 Å². The van der Waals surface area contributed by atoms with Crippen LogP contribution in [0.25, 0.3) is 11.4 Å². The van der Waals surface area contributed by atoms with E-state index >= 15 is 0 Å². The van der Waals surface area contributed by atoms with Crippen LogP contribution in [0.15, 0.2) is 18.5 Å². The number of fused-ring (bicyclic) bond motifs is 1. The minimum atomic E-state index is 0.469. The van der Waals surface area contributed by atoms with E-state index in [9.17, 15) is 4.79 Å². The van der Waals surface area contributed by atoms with E-state index in [4.69, 9.17) is 0 Å². The molecular weight excluding hydrogens is 264 g/mol. The molecule has 0 amide bonds. The van der Waals surface area contributed by atoms with Crippen molar-refractivity contribution in [2.75, 3.05) is 0 Å². The van der Waals surface area contributed by atoms with Crippen LogP contribution in [0.1, 0.15) is 65.2 Å². The van der Waals surface area contributed by atoms with Crippen molar-refractivity contribution in [3.63, 3.8) is 0 Å². The monoisotopic (exact) mass is 290 g/mol. The fraction of sp³-hybridized carbons (Fsp3) is 0.625. The Balaban J connectivity index is 0.000000216. The molecule has 0 aromatic carbocycles. The normalized spacial score (nSPS) is 10.2. The van der Waals surface area contributed by atoms with Gasteiger partial charge in [0.2, 0.25) is 0 Å². The Hall–Kier alpha value is -1.78. The van der Waals surface area contributed by atoms with E-state index < -0.39 is 0 Å². The zero-order chi connectivity index (χ0) is 15.3. The highest BCUT2D eigenvalue weighted by atomic mass is 16.1. The third-order valence-electron chi connectivity index (χ3n) is 3.26. The maximum atomic E-state index is 11.2. The van der Waals surface area contributed by atoms with E-state index in [1.54, 1.807) is 12.4 Å². The molecule has 0 bridgehead atoms. The molecule has 2 rings (SSSR count). The number of carbonyl (C=O) groups excluding carboxylic acids is 1. The largest absolute Gasteiger partial charge is 0.300 e. The molecule has 0 saturated carbocycles. The number of aromatic nitrogens is 4. The summed E-state index contributed by atoms with van der Waals surface area (Å²) in [6.07, 6.45) is 12.0. The lowest BCUT2D eigenvalue weighted by Crippen LogP contribution is -1.96. The van der Waals surface area contributed by atoms with Crippen LogP contribution in [0, 0.1) is 0 Å². The van der Waals surface area contributed by atoms with Gasteiger partial charge in [-0.15, -0.1) is 5.10 Å². The Labute approximate surface area is 126 Å². The van der Waals surface area contributed by atoms with Crippen LogP contribution in [0.2, 0.25) is 0 Å². The SMILES string of the molecule is CCCCCC(=O)CCCCC.c1cc2[nH]nncc-2n1. The lowest BCUT2D eigenvalue weighted by atomic mass is 10.1. The van der Waals surface area contributed by atoms with Crippen LogP contribution in [-0.2, 0) is 4.79 Å². The predicted octanol–water partition coefficient (Wildman–Crippen LogP) is 4.02. The van der Waals surface area contributed by atoms with Crippen LogP contribution in [-0.4, -0.2) is 26.2 Å². The first-order valence-corrected chi connectivity index (χ1v) is 7.90. The predicted molar refractivity (Wildman–Crippen MR) is 84.1 cm³/mol. The number of rotatable bonds is 8. The summed E-state index contributed by atoms with van der Waals surface area (Å²) in [7, 11) is 0. The quantitative estimate of drug-likeness (QED) is 0.745. The van der Waals surface area contributed by atoms with Gasteiger partial charge in [-0.2, -0.15) is 0 Å². The number of nitrogens with zero attached hydrogens (tertiary/aromatic N) is 3. The van der Waals surface area contributed by atoms with Gasteiger partial charge in [0.1, 0.15) is 11.5 Å². The Kier molecular flexibility index (Phi) is 9.00. The van der Waals surface area contributed by atoms with Crippen molar-refractivity contribution in [1.29, 1.82) is 0 Å². The molecule has 21 heavy (non-hydrogen) atoms. The summed E-state index contributed by atoms with van der Waals surface area (Å²) >= 11 is 0. The van der Waals surface area contributed by atoms with Gasteiger partial charge in [0.25, 0.3) is 0 Å². The molecule has 0 spiro atoms. The molecule has 2 heterocycles. The van der Waals surface area contributed by atoms with E-state index in [0.29, 0.717) is 5.78 Å². The second-order valence-corrected chi connectivity index (χ2v) is 5.15. The number of hydrogen-bond donors (Lipinski definition) is 1. The lowest BCUT2D eigenvalue weighted by Gasteiger charge is -1.98. The van der Waals surface area contributed by atoms with E-state index in [2.05, 4.69) is 34.2 Å². The Morgan fingerprint density at radius 1 is 1.10 bits per heavy atom. The number of hydrogen-bond acceptors (Lipinski definition) is 4. The zero-order valence-electron chi connectivity index (χ0n) is 13.1. The van der Waals surface area contributed by atoms with E-state index in [-0.39, 0.29) is 0 Å². The van der Waals surface area contributed by atoms with E-state index in [1.165, 1.54) is 25.7 Å². The smallest absolute Gasteiger partial charge is 0.132 e. The van der Waals surface area contributed by atoms with Gasteiger partial charge >= 0.3 is 0 Å². The molecule has 1 N–H and O–H groups in total. The van der Waals surface area contributed by atoms with Gasteiger partial charge < -0.3 is 0 Å². The second-order valence-electron chi connectivity index (χ2n) is 5.15. The van der Waals surface area contributed by atoms with Gasteiger partial charge in [0.05, 0.1) is 11.9 Å². The summed E-state index contributed by atoms with van der Waals surface area (Å²) < 4.78 is 0. The van der Waals surface area contributed by atoms with Gasteiger partial charge in [0.15, 0.2) is 0 Å². The molecule has 5 heteroatoms. The first-order chi connectivity index (χ1) is 10.3. The molecule has 2 aliphatic rings. The van der Waals surface area contributed by atoms with Crippen LogP contribution in [0.5, 0.6) is 0 Å². The van der Waals surface area contributed by atoms with Crippen molar-refractivity contribution in [3.05, 3.63) is 18.5 Å². The Morgan fingerprint density at radius 2 is 1.76 bits per heavy atom. The van der Waals surface area contributed by atoms with Crippen molar-refractivity contribution in [3.8, 4) is 11.4 Å². The first-order valence-electron chi connectivity index (χ1n) is 7.90. The van der Waals surface area contributed by atoms with Gasteiger partial charge in [0, 0.05) is 19.0 Å². The molecule has 0 atom stereocenters. The molecular formula is C16H26N4O. The molecule has 0 aliphatic carbocycles. The highest BCUT2D eigenvalue weighted by molar-refractivity contribution is 5.78. The lowest BCUT2D eigenvalue weighted by molar-refractivity contribution is -0.119. The van der Waals surface area contributed by atoms with Crippen LogP contribution in [0.3, 0.4) is 0 Å². The van der Waals surface area contributed by atoms with Crippen molar-refractivity contribution in [1.82, 2.24) is 20.4 Å². The summed E-state index contributed by atoms with van der Waals surface area (Å²) in [5.41, 5.74) is 1.77. The first kappa shape index (κ1) is 17.3. The van der Waals surface area contributed by atoms with Crippen LogP contribution in [0.4, 0.5) is 0 Å². The number of ketones is 1. The van der Waals surface area contributed by atoms with Crippen molar-refractivity contribution >= 4 is 5.78 Å². The number of unbranched alkanes of at least 4 members (excludes halogenated alkanes) is 4. The average Bonchev–Trinajstić information content (AvgIpc) is 2.97. The van der Waals surface area contributed by atoms with Gasteiger partial charge in [-0.25, -0.2) is 0 Å². The maximum absolute atomic E-state index is 11.2. The molecule has 5 nitrogen and oxygen atoms in total. The fourth-order valence-corrected chi connectivity index (χ4v) is 1.98. The molecule has 0 aromatic heterocycles. The third kappa shape index (κ3) is 7.54. The molecule has 0 fully saturated rings. The van der Waals surface area contributed by atoms with Gasteiger partial charge in [-0.3, -0.25) is 14.9 Å². The molecule has 0 saturated heterocycles. The summed E-state index contributed by atoms with van der Waals surface area (Å²) in [6, 6.07) is 1.85. The molecule has 0 unspecified atom stereocenters. The topological polar surface area (TPSA) is 71.5 Å². The van der Waals surface area contributed by atoms with E-state index in [1.807, 2.05) is 6.07 Å². The Bertz CT molecular complexity index is 430. The van der Waals surface area contributed by atoms with Crippen molar-refractivity contribution < 1.29 is 4.79 Å². The summed E-state index contributed by atoms with van der Waals surface area (Å²) in [5.74, 6) is 0.469. The van der Waals surface area contributed by atoms with Crippen molar-refractivity contribution in [2.24, 2.45) is 0 Å². The maximum Gasteiger partial charge on any atom is 0.132 e. The highest BCUT2D eigenvalue weighted by Gasteiger charge is 2.00. The fourth-order valence-electron chi connectivity index (χ4n) is 1.98. The summed E-state index contributed by atoms with van der Waals surface area (Å²) in [6.45, 7) is 4.34. The van der Waals surface area contributed by atoms with Crippen molar-refractivity contribution in [2.45, 2.75) is 65.2 Å².